The lowest BCUT2D eigenvalue weighted by Crippen LogP contribution is -2.36. The summed E-state index contributed by atoms with van der Waals surface area (Å²) >= 11 is 1.70. The Morgan fingerprint density at radius 3 is 2.59 bits per heavy atom. The molecule has 150 valence electrons. The summed E-state index contributed by atoms with van der Waals surface area (Å²) in [6.07, 6.45) is 0. The zero-order valence-electron chi connectivity index (χ0n) is 16.6. The monoisotopic (exact) mass is 505 g/mol. The van der Waals surface area contributed by atoms with Crippen LogP contribution in [0.1, 0.15) is 33.6 Å². The van der Waals surface area contributed by atoms with Gasteiger partial charge in [0.25, 0.3) is 0 Å². The van der Waals surface area contributed by atoms with Crippen molar-refractivity contribution in [1.82, 2.24) is 20.5 Å². The normalized spacial score (nSPS) is 11.4. The van der Waals surface area contributed by atoms with Crippen molar-refractivity contribution < 1.29 is 4.39 Å². The number of nitrogens with one attached hydrogen (secondary N) is 2. The molecular formula is C19H29FIN5S. The molecule has 1 heterocycles. The van der Waals surface area contributed by atoms with Crippen LogP contribution < -0.4 is 10.6 Å². The third-order valence-corrected chi connectivity index (χ3v) is 4.85. The van der Waals surface area contributed by atoms with Gasteiger partial charge in [-0.25, -0.2) is 14.4 Å². The summed E-state index contributed by atoms with van der Waals surface area (Å²) in [6.45, 7) is 8.62. The summed E-state index contributed by atoms with van der Waals surface area (Å²) < 4.78 is 13.9. The number of benzene rings is 1. The fourth-order valence-corrected chi connectivity index (χ4v) is 3.48. The number of aromatic nitrogens is 1. The van der Waals surface area contributed by atoms with Crippen molar-refractivity contribution in [3.8, 4) is 0 Å². The van der Waals surface area contributed by atoms with Crippen LogP contribution in [0.5, 0.6) is 0 Å². The number of hydrogen-bond acceptors (Lipinski definition) is 4. The summed E-state index contributed by atoms with van der Waals surface area (Å²) in [4.78, 5) is 12.2. The van der Waals surface area contributed by atoms with Crippen molar-refractivity contribution in [3.63, 3.8) is 0 Å². The lowest BCUT2D eigenvalue weighted by atomic mass is 10.1. The quantitative estimate of drug-likeness (QED) is 0.341. The average molecular weight is 505 g/mol. The zero-order chi connectivity index (χ0) is 19.1. The van der Waals surface area contributed by atoms with E-state index in [4.69, 9.17) is 0 Å². The Balaban J connectivity index is 0.00000364. The van der Waals surface area contributed by atoms with Crippen molar-refractivity contribution in [2.45, 2.75) is 40.4 Å². The van der Waals surface area contributed by atoms with Crippen LogP contribution in [-0.2, 0) is 19.6 Å². The van der Waals surface area contributed by atoms with Crippen molar-refractivity contribution in [2.75, 3.05) is 20.6 Å². The molecule has 8 heteroatoms. The SMILES string of the molecule is CCNC(=NCc1ccc(F)c(CN(C)C)c1)NCc1sc(C)nc1C.I. The van der Waals surface area contributed by atoms with E-state index < -0.39 is 0 Å². The van der Waals surface area contributed by atoms with Gasteiger partial charge in [-0.1, -0.05) is 6.07 Å². The van der Waals surface area contributed by atoms with E-state index in [-0.39, 0.29) is 29.8 Å². The minimum absolute atomic E-state index is 0. The predicted octanol–water partition coefficient (Wildman–Crippen LogP) is 3.83. The molecule has 1 aromatic carbocycles. The van der Waals surface area contributed by atoms with Gasteiger partial charge in [-0.3, -0.25) is 0 Å². The molecule has 0 atom stereocenters. The number of nitrogens with zero attached hydrogens (tertiary/aromatic N) is 3. The lowest BCUT2D eigenvalue weighted by molar-refractivity contribution is 0.392. The molecule has 0 bridgehead atoms. The van der Waals surface area contributed by atoms with Crippen LogP contribution in [0.2, 0.25) is 0 Å². The van der Waals surface area contributed by atoms with Gasteiger partial charge in [-0.15, -0.1) is 35.3 Å². The molecule has 2 rings (SSSR count). The standard InChI is InChI=1S/C19H28FN5S.HI/c1-6-21-19(23-11-18-13(2)24-14(3)26-18)22-10-15-7-8-17(20)16(9-15)12-25(4)5;/h7-9H,6,10-12H2,1-5H3,(H2,21,22,23);1H. The highest BCUT2D eigenvalue weighted by Crippen LogP contribution is 2.16. The Hall–Kier alpha value is -1.26. The third kappa shape index (κ3) is 7.71. The van der Waals surface area contributed by atoms with E-state index in [1.54, 1.807) is 17.4 Å². The van der Waals surface area contributed by atoms with Crippen molar-refractivity contribution >= 4 is 41.3 Å². The fourth-order valence-electron chi connectivity index (χ4n) is 2.60. The van der Waals surface area contributed by atoms with E-state index in [1.807, 2.05) is 45.8 Å². The number of hydrogen-bond donors (Lipinski definition) is 2. The molecule has 0 amide bonds. The maximum atomic E-state index is 13.9. The van der Waals surface area contributed by atoms with E-state index >= 15 is 0 Å². The van der Waals surface area contributed by atoms with Crippen LogP contribution in [0.25, 0.3) is 0 Å². The van der Waals surface area contributed by atoms with Crippen molar-refractivity contribution in [2.24, 2.45) is 4.99 Å². The highest BCUT2D eigenvalue weighted by Gasteiger charge is 2.07. The van der Waals surface area contributed by atoms with E-state index in [9.17, 15) is 4.39 Å². The molecule has 2 aromatic rings. The second-order valence-electron chi connectivity index (χ2n) is 6.45. The number of aryl methyl sites for hydroxylation is 2. The lowest BCUT2D eigenvalue weighted by Gasteiger charge is -2.13. The van der Waals surface area contributed by atoms with Crippen LogP contribution >= 0.6 is 35.3 Å². The number of aliphatic imine (C=N–C) groups is 1. The number of thiazole rings is 1. The third-order valence-electron chi connectivity index (χ3n) is 3.78. The maximum absolute atomic E-state index is 13.9. The first-order valence-electron chi connectivity index (χ1n) is 8.76. The van der Waals surface area contributed by atoms with E-state index in [1.165, 1.54) is 10.9 Å². The van der Waals surface area contributed by atoms with Gasteiger partial charge in [-0.2, -0.15) is 0 Å². The Kier molecular flexibility index (Phi) is 10.2. The average Bonchev–Trinajstić information content (AvgIpc) is 2.90. The number of guanidine groups is 1. The first-order chi connectivity index (χ1) is 12.4. The minimum atomic E-state index is -0.174. The van der Waals surface area contributed by atoms with Gasteiger partial charge in [0.05, 0.1) is 23.8 Å². The predicted molar refractivity (Wildman–Crippen MR) is 122 cm³/mol. The molecule has 0 aliphatic carbocycles. The molecule has 0 spiro atoms. The van der Waals surface area contributed by atoms with E-state index in [2.05, 4.69) is 20.6 Å². The minimum Gasteiger partial charge on any atom is -0.357 e. The van der Waals surface area contributed by atoms with Gasteiger partial charge in [0.15, 0.2) is 5.96 Å². The zero-order valence-corrected chi connectivity index (χ0v) is 19.7. The van der Waals surface area contributed by atoms with E-state index in [0.29, 0.717) is 25.2 Å². The maximum Gasteiger partial charge on any atom is 0.191 e. The molecule has 27 heavy (non-hydrogen) atoms. The number of rotatable bonds is 7. The van der Waals surface area contributed by atoms with Crippen LogP contribution in [0, 0.1) is 19.7 Å². The summed E-state index contributed by atoms with van der Waals surface area (Å²) in [5.74, 6) is 0.573. The first kappa shape index (κ1) is 23.8. The summed E-state index contributed by atoms with van der Waals surface area (Å²) in [7, 11) is 3.86. The van der Waals surface area contributed by atoms with Crippen LogP contribution in [0.3, 0.4) is 0 Å². The van der Waals surface area contributed by atoms with Gasteiger partial charge < -0.3 is 15.5 Å². The van der Waals surface area contributed by atoms with Crippen LogP contribution in [0.4, 0.5) is 4.39 Å². The Morgan fingerprint density at radius 2 is 2.00 bits per heavy atom. The summed E-state index contributed by atoms with van der Waals surface area (Å²) in [5, 5.41) is 7.67. The van der Waals surface area contributed by atoms with Gasteiger partial charge in [0, 0.05) is 23.5 Å². The first-order valence-corrected chi connectivity index (χ1v) is 9.57. The van der Waals surface area contributed by atoms with Gasteiger partial charge in [0.2, 0.25) is 0 Å². The largest absolute Gasteiger partial charge is 0.357 e. The van der Waals surface area contributed by atoms with Gasteiger partial charge in [0.1, 0.15) is 5.82 Å². The second kappa shape index (κ2) is 11.6. The molecule has 0 radical (unpaired) electrons. The summed E-state index contributed by atoms with van der Waals surface area (Å²) in [6, 6.07) is 5.20. The molecule has 5 nitrogen and oxygen atoms in total. The Labute approximate surface area is 182 Å². The molecule has 0 fully saturated rings. The molecule has 0 aliphatic heterocycles. The highest BCUT2D eigenvalue weighted by atomic mass is 127. The molecule has 2 N–H and O–H groups in total. The number of halogens is 2. The Bertz CT molecular complexity index is 761. The molecule has 1 aromatic heterocycles. The van der Waals surface area contributed by atoms with E-state index in [0.717, 1.165) is 28.8 Å². The smallest absolute Gasteiger partial charge is 0.191 e. The molecule has 0 saturated carbocycles. The van der Waals surface area contributed by atoms with Gasteiger partial charge >= 0.3 is 0 Å². The fraction of sp³-hybridized carbons (Fsp3) is 0.474. The van der Waals surface area contributed by atoms with Crippen molar-refractivity contribution in [1.29, 1.82) is 0 Å². The molecular weight excluding hydrogens is 476 g/mol. The second-order valence-corrected chi connectivity index (χ2v) is 7.74. The summed E-state index contributed by atoms with van der Waals surface area (Å²) in [5.41, 5.74) is 2.74. The topological polar surface area (TPSA) is 52.6 Å². The van der Waals surface area contributed by atoms with Crippen LogP contribution in [0.15, 0.2) is 23.2 Å². The highest BCUT2D eigenvalue weighted by molar-refractivity contribution is 14.0. The molecule has 0 saturated heterocycles. The Morgan fingerprint density at radius 1 is 1.26 bits per heavy atom. The van der Waals surface area contributed by atoms with Crippen LogP contribution in [-0.4, -0.2) is 36.5 Å². The molecule has 0 unspecified atom stereocenters. The van der Waals surface area contributed by atoms with Crippen molar-refractivity contribution in [3.05, 3.63) is 50.7 Å². The van der Waals surface area contributed by atoms with Gasteiger partial charge in [-0.05, 0) is 52.6 Å². The molecule has 0 aliphatic rings.